The van der Waals surface area contributed by atoms with Crippen molar-refractivity contribution in [1.29, 1.82) is 0 Å². The molecule has 0 N–H and O–H groups in total. The molecular weight excluding hydrogens is 432 g/mol. The van der Waals surface area contributed by atoms with E-state index in [-0.39, 0.29) is 28.2 Å². The monoisotopic (exact) mass is 449 g/mol. The van der Waals surface area contributed by atoms with E-state index in [0.717, 1.165) is 23.1 Å². The number of nitro benzene ring substituents is 1. The van der Waals surface area contributed by atoms with E-state index < -0.39 is 28.4 Å². The minimum absolute atomic E-state index is 0.00494. The number of carbonyl (C=O) groups is 2. The molecule has 0 radical (unpaired) electrons. The minimum atomic E-state index is -1.20. The zero-order chi connectivity index (χ0) is 23.7. The lowest BCUT2D eigenvalue weighted by molar-refractivity contribution is -0.384. The molecule has 0 aromatic heterocycles. The Kier molecular flexibility index (Phi) is 5.70. The van der Waals surface area contributed by atoms with E-state index in [1.807, 2.05) is 0 Å². The largest absolute Gasteiger partial charge is 0.337 e. The average Bonchev–Trinajstić information content (AvgIpc) is 3.07. The van der Waals surface area contributed by atoms with Gasteiger partial charge >= 0.3 is 0 Å². The maximum Gasteiger partial charge on any atom is 0.282 e. The first-order valence-corrected chi connectivity index (χ1v) is 9.99. The predicted molar refractivity (Wildman–Crippen MR) is 118 cm³/mol. The second-order valence-corrected chi connectivity index (χ2v) is 7.15. The molecule has 4 rings (SSSR count). The minimum Gasteiger partial charge on any atom is -0.337 e. The van der Waals surface area contributed by atoms with Crippen LogP contribution in [0.15, 0.2) is 78.5 Å². The van der Waals surface area contributed by atoms with Crippen LogP contribution in [0, 0.1) is 21.7 Å². The Labute approximate surface area is 187 Å². The number of non-ortho nitro benzene ring substituents is 1. The maximum absolute atomic E-state index is 13.9. The first-order chi connectivity index (χ1) is 15.8. The number of hydrogen-bond acceptors (Lipinski definition) is 5. The zero-order valence-electron chi connectivity index (χ0n) is 17.4. The number of imide groups is 1. The molecule has 1 heterocycles. The van der Waals surface area contributed by atoms with E-state index in [9.17, 15) is 28.5 Å². The number of anilines is 2. The molecule has 0 unspecified atom stereocenters. The van der Waals surface area contributed by atoms with Crippen molar-refractivity contribution in [3.05, 3.63) is 106 Å². The predicted octanol–water partition coefficient (Wildman–Crippen LogP) is 4.68. The number of hydrogen-bond donors (Lipinski definition) is 0. The summed E-state index contributed by atoms with van der Waals surface area (Å²) in [7, 11) is 0. The van der Waals surface area contributed by atoms with Crippen molar-refractivity contribution in [2.45, 2.75) is 6.92 Å². The Morgan fingerprint density at radius 1 is 0.909 bits per heavy atom. The standard InChI is InChI=1S/C24H17F2N3O4/c1-2-27(16-6-4-3-5-7-16)22-21(15-8-10-17(11-9-15)29(32)33)23(30)28(24(22)31)18-12-13-19(25)20(26)14-18/h3-14H,2H2,1H3. The number of nitro groups is 1. The van der Waals surface area contributed by atoms with Crippen LogP contribution in [0.25, 0.3) is 5.57 Å². The molecule has 7 nitrogen and oxygen atoms in total. The van der Waals surface area contributed by atoms with Gasteiger partial charge in [-0.05, 0) is 48.9 Å². The van der Waals surface area contributed by atoms with E-state index in [2.05, 4.69) is 0 Å². The molecule has 2 amide bonds. The second kappa shape index (κ2) is 8.62. The van der Waals surface area contributed by atoms with Gasteiger partial charge in [0, 0.05) is 30.4 Å². The summed E-state index contributed by atoms with van der Waals surface area (Å²) in [6.07, 6.45) is 0. The fourth-order valence-corrected chi connectivity index (χ4v) is 3.71. The van der Waals surface area contributed by atoms with Crippen molar-refractivity contribution in [3.63, 3.8) is 0 Å². The van der Waals surface area contributed by atoms with Gasteiger partial charge in [-0.15, -0.1) is 0 Å². The van der Waals surface area contributed by atoms with Gasteiger partial charge in [-0.1, -0.05) is 18.2 Å². The highest BCUT2D eigenvalue weighted by Crippen LogP contribution is 2.37. The molecule has 166 valence electrons. The number of nitrogens with zero attached hydrogens (tertiary/aromatic N) is 3. The summed E-state index contributed by atoms with van der Waals surface area (Å²) < 4.78 is 27.4. The van der Waals surface area contributed by atoms with Gasteiger partial charge in [-0.25, -0.2) is 13.7 Å². The third kappa shape index (κ3) is 3.84. The molecule has 3 aromatic carbocycles. The lowest BCUT2D eigenvalue weighted by atomic mass is 10.0. The molecule has 9 heteroatoms. The molecule has 0 saturated heterocycles. The third-order valence-corrected chi connectivity index (χ3v) is 5.24. The highest BCUT2D eigenvalue weighted by atomic mass is 19.2. The normalized spacial score (nSPS) is 13.6. The summed E-state index contributed by atoms with van der Waals surface area (Å²) in [6.45, 7) is 2.12. The number of likely N-dealkylation sites (N-methyl/N-ethyl adjacent to an activating group) is 1. The van der Waals surface area contributed by atoms with E-state index in [1.165, 1.54) is 24.3 Å². The summed E-state index contributed by atoms with van der Waals surface area (Å²) in [6, 6.07) is 16.9. The van der Waals surface area contributed by atoms with Crippen LogP contribution in [0.1, 0.15) is 12.5 Å². The SMILES string of the molecule is CCN(C1=C(c2ccc([N+](=O)[O-])cc2)C(=O)N(c2ccc(F)c(F)c2)C1=O)c1ccccc1. The summed E-state index contributed by atoms with van der Waals surface area (Å²) in [5.74, 6) is -3.77. The maximum atomic E-state index is 13.9. The fourth-order valence-electron chi connectivity index (χ4n) is 3.71. The van der Waals surface area contributed by atoms with E-state index in [1.54, 1.807) is 42.2 Å². The number of para-hydroxylation sites is 1. The molecular formula is C24H17F2N3O4. The van der Waals surface area contributed by atoms with Crippen molar-refractivity contribution >= 4 is 34.4 Å². The molecule has 1 aliphatic heterocycles. The van der Waals surface area contributed by atoms with Gasteiger partial charge in [-0.3, -0.25) is 19.7 Å². The number of halogens is 2. The summed E-state index contributed by atoms with van der Waals surface area (Å²) >= 11 is 0. The number of amides is 2. The van der Waals surface area contributed by atoms with E-state index in [4.69, 9.17) is 0 Å². The van der Waals surface area contributed by atoms with E-state index in [0.29, 0.717) is 12.2 Å². The van der Waals surface area contributed by atoms with E-state index >= 15 is 0 Å². The van der Waals surface area contributed by atoms with Gasteiger partial charge in [0.25, 0.3) is 17.5 Å². The van der Waals surface area contributed by atoms with Gasteiger partial charge in [0.1, 0.15) is 5.70 Å². The highest BCUT2D eigenvalue weighted by Gasteiger charge is 2.43. The van der Waals surface area contributed by atoms with Crippen LogP contribution < -0.4 is 9.80 Å². The van der Waals surface area contributed by atoms with Gasteiger partial charge in [0.15, 0.2) is 11.6 Å². The molecule has 0 bridgehead atoms. The Morgan fingerprint density at radius 2 is 1.58 bits per heavy atom. The molecule has 0 spiro atoms. The van der Waals surface area contributed by atoms with Crippen LogP contribution in [-0.4, -0.2) is 23.3 Å². The van der Waals surface area contributed by atoms with Crippen molar-refractivity contribution in [3.8, 4) is 0 Å². The molecule has 0 fully saturated rings. The van der Waals surface area contributed by atoms with Crippen molar-refractivity contribution in [2.75, 3.05) is 16.3 Å². The molecule has 0 aliphatic carbocycles. The van der Waals surface area contributed by atoms with Crippen LogP contribution in [0.3, 0.4) is 0 Å². The van der Waals surface area contributed by atoms with Gasteiger partial charge in [-0.2, -0.15) is 0 Å². The van der Waals surface area contributed by atoms with Crippen LogP contribution in [0.2, 0.25) is 0 Å². The van der Waals surface area contributed by atoms with Crippen LogP contribution >= 0.6 is 0 Å². The quantitative estimate of drug-likeness (QED) is 0.310. The Morgan fingerprint density at radius 3 is 2.15 bits per heavy atom. The van der Waals surface area contributed by atoms with Gasteiger partial charge in [0.2, 0.25) is 0 Å². The lowest BCUT2D eigenvalue weighted by Crippen LogP contribution is -2.35. The second-order valence-electron chi connectivity index (χ2n) is 7.15. The molecule has 0 saturated carbocycles. The van der Waals surface area contributed by atoms with Crippen molar-refractivity contribution in [2.24, 2.45) is 0 Å². The number of rotatable bonds is 6. The number of benzene rings is 3. The van der Waals surface area contributed by atoms with Crippen LogP contribution in [-0.2, 0) is 9.59 Å². The summed E-state index contributed by atoms with van der Waals surface area (Å²) in [5.41, 5.74) is 0.668. The lowest BCUT2D eigenvalue weighted by Gasteiger charge is -2.25. The van der Waals surface area contributed by atoms with Gasteiger partial charge in [0.05, 0.1) is 16.2 Å². The molecule has 1 aliphatic rings. The van der Waals surface area contributed by atoms with Crippen LogP contribution in [0.5, 0.6) is 0 Å². The molecule has 0 atom stereocenters. The highest BCUT2D eigenvalue weighted by molar-refractivity contribution is 6.46. The summed E-state index contributed by atoms with van der Waals surface area (Å²) in [4.78, 5) is 39.9. The Balaban J connectivity index is 1.90. The zero-order valence-corrected chi connectivity index (χ0v) is 17.4. The topological polar surface area (TPSA) is 83.8 Å². The van der Waals surface area contributed by atoms with Crippen molar-refractivity contribution in [1.82, 2.24) is 0 Å². The molecule has 3 aromatic rings. The fraction of sp³-hybridized carbons (Fsp3) is 0.0833. The van der Waals surface area contributed by atoms with Gasteiger partial charge < -0.3 is 4.90 Å². The average molecular weight is 449 g/mol. The Bertz CT molecular complexity index is 1290. The first kappa shape index (κ1) is 21.8. The first-order valence-electron chi connectivity index (χ1n) is 9.99. The smallest absolute Gasteiger partial charge is 0.282 e. The summed E-state index contributed by atoms with van der Waals surface area (Å²) in [5, 5.41) is 11.0. The Hall–Kier alpha value is -4.40. The van der Waals surface area contributed by atoms with Crippen LogP contribution in [0.4, 0.5) is 25.8 Å². The molecule has 33 heavy (non-hydrogen) atoms. The van der Waals surface area contributed by atoms with Crippen molar-refractivity contribution < 1.29 is 23.3 Å². The number of carbonyl (C=O) groups excluding carboxylic acids is 2. The third-order valence-electron chi connectivity index (χ3n) is 5.24.